The SMILES string of the molecule is COC(=O)c1nc(-c2ccc(Cl)c(N(C)C)c2F)nc(N(C)c2ccccc2[N+](=O)[O-])c1Cl. The molecule has 0 aliphatic carbocycles. The van der Waals surface area contributed by atoms with Gasteiger partial charge in [0, 0.05) is 27.2 Å². The number of halogens is 3. The highest BCUT2D eigenvalue weighted by Gasteiger charge is 2.27. The first-order valence-electron chi connectivity index (χ1n) is 9.37. The summed E-state index contributed by atoms with van der Waals surface area (Å²) in [4.78, 5) is 34.6. The molecule has 0 N–H and O–H groups in total. The highest BCUT2D eigenvalue weighted by molar-refractivity contribution is 6.36. The molecule has 172 valence electrons. The molecule has 9 nitrogen and oxygen atoms in total. The van der Waals surface area contributed by atoms with E-state index < -0.39 is 16.7 Å². The Labute approximate surface area is 198 Å². The number of methoxy groups -OCH3 is 1. The summed E-state index contributed by atoms with van der Waals surface area (Å²) >= 11 is 12.5. The van der Waals surface area contributed by atoms with Crippen molar-refractivity contribution in [2.75, 3.05) is 38.1 Å². The molecule has 33 heavy (non-hydrogen) atoms. The lowest BCUT2D eigenvalue weighted by Gasteiger charge is -2.22. The first-order valence-corrected chi connectivity index (χ1v) is 10.1. The summed E-state index contributed by atoms with van der Waals surface area (Å²) in [5.74, 6) is -1.84. The van der Waals surface area contributed by atoms with Crippen LogP contribution in [0.2, 0.25) is 10.0 Å². The first kappa shape index (κ1) is 24.1. The van der Waals surface area contributed by atoms with Crippen LogP contribution in [0, 0.1) is 15.9 Å². The quantitative estimate of drug-likeness (QED) is 0.265. The lowest BCUT2D eigenvalue weighted by molar-refractivity contribution is -0.384. The topological polar surface area (TPSA) is 102 Å². The van der Waals surface area contributed by atoms with Crippen LogP contribution in [0.3, 0.4) is 0 Å². The zero-order valence-electron chi connectivity index (χ0n) is 18.0. The molecule has 0 bridgehead atoms. The van der Waals surface area contributed by atoms with Gasteiger partial charge in [-0.25, -0.2) is 19.2 Å². The molecule has 1 aromatic heterocycles. The van der Waals surface area contributed by atoms with Crippen LogP contribution in [0.25, 0.3) is 11.4 Å². The van der Waals surface area contributed by atoms with Crippen LogP contribution in [0.5, 0.6) is 0 Å². The largest absolute Gasteiger partial charge is 0.464 e. The molecule has 0 aliphatic rings. The summed E-state index contributed by atoms with van der Waals surface area (Å²) in [6, 6.07) is 8.74. The van der Waals surface area contributed by atoms with E-state index in [1.54, 1.807) is 20.2 Å². The Balaban J connectivity index is 2.30. The summed E-state index contributed by atoms with van der Waals surface area (Å²) in [5, 5.41) is 11.5. The minimum absolute atomic E-state index is 0.0536. The fourth-order valence-corrected chi connectivity index (χ4v) is 3.75. The Morgan fingerprint density at radius 2 is 1.79 bits per heavy atom. The Hall–Kier alpha value is -3.50. The van der Waals surface area contributed by atoms with Crippen molar-refractivity contribution in [1.29, 1.82) is 0 Å². The summed E-state index contributed by atoms with van der Waals surface area (Å²) < 4.78 is 20.1. The maximum atomic E-state index is 15.4. The van der Waals surface area contributed by atoms with Crippen molar-refractivity contribution in [1.82, 2.24) is 9.97 Å². The highest BCUT2D eigenvalue weighted by Crippen LogP contribution is 2.39. The minimum Gasteiger partial charge on any atom is -0.464 e. The lowest BCUT2D eigenvalue weighted by atomic mass is 10.1. The van der Waals surface area contributed by atoms with E-state index in [0.29, 0.717) is 0 Å². The monoisotopic (exact) mass is 493 g/mol. The number of anilines is 3. The normalized spacial score (nSPS) is 10.6. The van der Waals surface area contributed by atoms with Crippen LogP contribution in [-0.2, 0) is 4.74 Å². The van der Waals surface area contributed by atoms with Gasteiger partial charge in [-0.3, -0.25) is 10.1 Å². The van der Waals surface area contributed by atoms with Crippen LogP contribution < -0.4 is 9.80 Å². The molecule has 0 fully saturated rings. The number of nitrogens with zero attached hydrogens (tertiary/aromatic N) is 5. The number of rotatable bonds is 6. The summed E-state index contributed by atoms with van der Waals surface area (Å²) in [7, 11) is 5.85. The minimum atomic E-state index is -0.886. The van der Waals surface area contributed by atoms with Crippen molar-refractivity contribution >= 4 is 52.1 Å². The molecule has 1 heterocycles. The zero-order chi connectivity index (χ0) is 24.4. The second kappa shape index (κ2) is 9.55. The van der Waals surface area contributed by atoms with Crippen LogP contribution in [0.1, 0.15) is 10.5 Å². The summed E-state index contributed by atoms with van der Waals surface area (Å²) in [6.45, 7) is 0. The number of aromatic nitrogens is 2. The van der Waals surface area contributed by atoms with Crippen molar-refractivity contribution < 1.29 is 18.8 Å². The van der Waals surface area contributed by atoms with Crippen LogP contribution in [0.15, 0.2) is 36.4 Å². The van der Waals surface area contributed by atoms with E-state index in [4.69, 9.17) is 27.9 Å². The average molecular weight is 494 g/mol. The number of benzene rings is 2. The second-order valence-electron chi connectivity index (χ2n) is 6.98. The van der Waals surface area contributed by atoms with Gasteiger partial charge in [0.15, 0.2) is 23.2 Å². The van der Waals surface area contributed by atoms with Crippen LogP contribution in [0.4, 0.5) is 27.3 Å². The van der Waals surface area contributed by atoms with Gasteiger partial charge >= 0.3 is 5.97 Å². The Kier molecular flexibility index (Phi) is 6.99. The molecule has 0 saturated heterocycles. The first-order chi connectivity index (χ1) is 15.6. The van der Waals surface area contributed by atoms with Gasteiger partial charge in [-0.1, -0.05) is 35.3 Å². The number of ether oxygens (including phenoxy) is 1. The molecule has 3 rings (SSSR count). The maximum Gasteiger partial charge on any atom is 0.358 e. The van der Waals surface area contributed by atoms with E-state index in [0.717, 1.165) is 7.11 Å². The van der Waals surface area contributed by atoms with Gasteiger partial charge in [0.25, 0.3) is 5.69 Å². The van der Waals surface area contributed by atoms with Gasteiger partial charge in [0.2, 0.25) is 0 Å². The number of hydrogen-bond donors (Lipinski definition) is 0. The second-order valence-corrected chi connectivity index (χ2v) is 7.77. The molecule has 0 spiro atoms. The van der Waals surface area contributed by atoms with Gasteiger partial charge in [-0.15, -0.1) is 0 Å². The van der Waals surface area contributed by atoms with Crippen molar-refractivity contribution in [3.05, 3.63) is 68.1 Å². The predicted molar refractivity (Wildman–Crippen MR) is 124 cm³/mol. The maximum absolute atomic E-state index is 15.4. The van der Waals surface area contributed by atoms with E-state index in [-0.39, 0.29) is 50.0 Å². The molecule has 0 atom stereocenters. The number of nitro benzene ring substituents is 1. The molecular formula is C21H18Cl2FN5O4. The average Bonchev–Trinajstić information content (AvgIpc) is 2.78. The number of carbonyl (C=O) groups is 1. The fraction of sp³-hybridized carbons (Fsp3) is 0.190. The van der Waals surface area contributed by atoms with Gasteiger partial charge < -0.3 is 14.5 Å². The third-order valence-corrected chi connectivity index (χ3v) is 5.38. The Bertz CT molecular complexity index is 1260. The third-order valence-electron chi connectivity index (χ3n) is 4.73. The van der Waals surface area contributed by atoms with Crippen molar-refractivity contribution in [3.63, 3.8) is 0 Å². The molecular weight excluding hydrogens is 476 g/mol. The number of esters is 1. The number of carbonyl (C=O) groups excluding carboxylic acids is 1. The van der Waals surface area contributed by atoms with Crippen molar-refractivity contribution in [3.8, 4) is 11.4 Å². The smallest absolute Gasteiger partial charge is 0.358 e. The van der Waals surface area contributed by atoms with Gasteiger partial charge in [-0.2, -0.15) is 0 Å². The molecule has 0 saturated carbocycles. The van der Waals surface area contributed by atoms with Gasteiger partial charge in [0.1, 0.15) is 10.7 Å². The summed E-state index contributed by atoms with van der Waals surface area (Å²) in [6.07, 6.45) is 0. The van der Waals surface area contributed by atoms with Gasteiger partial charge in [0.05, 0.1) is 28.3 Å². The van der Waals surface area contributed by atoms with Gasteiger partial charge in [-0.05, 0) is 18.2 Å². The van der Waals surface area contributed by atoms with Crippen LogP contribution in [-0.4, -0.2) is 49.1 Å². The molecule has 12 heteroatoms. The fourth-order valence-electron chi connectivity index (χ4n) is 3.15. The van der Waals surface area contributed by atoms with E-state index >= 15 is 4.39 Å². The predicted octanol–water partition coefficient (Wildman–Crippen LogP) is 5.12. The molecule has 0 amide bonds. The summed E-state index contributed by atoms with van der Waals surface area (Å²) in [5.41, 5.74) is -0.354. The number of nitro groups is 1. The number of hydrogen-bond acceptors (Lipinski definition) is 8. The zero-order valence-corrected chi connectivity index (χ0v) is 19.5. The third kappa shape index (κ3) is 4.53. The number of para-hydroxylation sites is 2. The molecule has 2 aromatic carbocycles. The van der Waals surface area contributed by atoms with E-state index in [1.165, 1.54) is 47.2 Å². The van der Waals surface area contributed by atoms with Crippen molar-refractivity contribution in [2.24, 2.45) is 0 Å². The van der Waals surface area contributed by atoms with Crippen molar-refractivity contribution in [2.45, 2.75) is 0 Å². The molecule has 0 unspecified atom stereocenters. The molecule has 0 aliphatic heterocycles. The van der Waals surface area contributed by atoms with Crippen LogP contribution >= 0.6 is 23.2 Å². The standard InChI is InChI=1S/C21H18Cl2FN5O4/c1-27(2)18-12(22)10-9-11(16(18)24)19-25-17(21(30)33-4)15(23)20(26-19)28(3)13-7-5-6-8-14(13)29(31)32/h5-10H,1-4H3. The Morgan fingerprint density at radius 1 is 1.12 bits per heavy atom. The Morgan fingerprint density at radius 3 is 2.39 bits per heavy atom. The molecule has 3 aromatic rings. The van der Waals surface area contributed by atoms with E-state index in [1.807, 2.05) is 0 Å². The van der Waals surface area contributed by atoms with E-state index in [2.05, 4.69) is 9.97 Å². The highest BCUT2D eigenvalue weighted by atomic mass is 35.5. The lowest BCUT2D eigenvalue weighted by Crippen LogP contribution is -2.18. The molecule has 0 radical (unpaired) electrons. The van der Waals surface area contributed by atoms with E-state index in [9.17, 15) is 14.9 Å².